The van der Waals surface area contributed by atoms with E-state index in [1.165, 1.54) is 5.01 Å². The van der Waals surface area contributed by atoms with E-state index in [9.17, 15) is 17.8 Å². The lowest BCUT2D eigenvalue weighted by Gasteiger charge is -2.16. The second-order valence-corrected chi connectivity index (χ2v) is 8.87. The van der Waals surface area contributed by atoms with Gasteiger partial charge in [-0.25, -0.2) is 17.8 Å². The Kier molecular flexibility index (Phi) is 7.45. The van der Waals surface area contributed by atoms with E-state index in [1.807, 2.05) is 75.2 Å². The van der Waals surface area contributed by atoms with Crippen LogP contribution in [0.15, 0.2) is 71.5 Å². The summed E-state index contributed by atoms with van der Waals surface area (Å²) in [5.74, 6) is 0.628. The Morgan fingerprint density at radius 2 is 1.68 bits per heavy atom. The number of hydrazone groups is 1. The average Bonchev–Trinajstić information content (AvgIpc) is 3.07. The monoisotopic (exact) mass is 482 g/mol. The molecule has 0 atom stereocenters. The van der Waals surface area contributed by atoms with Crippen molar-refractivity contribution in [2.24, 2.45) is 12.1 Å². The molecular weight excluding hydrogens is 456 g/mol. The van der Waals surface area contributed by atoms with Crippen molar-refractivity contribution in [2.75, 3.05) is 31.1 Å². The van der Waals surface area contributed by atoms with E-state index in [1.54, 1.807) is 0 Å². The molecule has 0 spiro atoms. The van der Waals surface area contributed by atoms with Gasteiger partial charge >= 0.3 is 11.7 Å². The Hall–Kier alpha value is -3.60. The molecule has 0 bridgehead atoms. The number of hydrogen-bond acceptors (Lipinski definition) is 7. The van der Waals surface area contributed by atoms with Gasteiger partial charge in [0, 0.05) is 31.2 Å². The molecule has 10 heteroatoms. The van der Waals surface area contributed by atoms with Gasteiger partial charge in [-0.1, -0.05) is 46.5 Å². The van der Waals surface area contributed by atoms with Crippen LogP contribution in [-0.2, 0) is 26.4 Å². The Bertz CT molecular complexity index is 1400. The smallest absolute Gasteiger partial charge is 0.368 e. The van der Waals surface area contributed by atoms with Gasteiger partial charge in [-0.2, -0.15) is 0 Å². The van der Waals surface area contributed by atoms with Crippen LogP contribution in [0, 0.1) is 0 Å². The number of amides is 1. The number of aromatic nitrogens is 1. The third-order valence-corrected chi connectivity index (χ3v) is 5.64. The molecule has 0 radical (unpaired) electrons. The molecule has 9 nitrogen and oxygen atoms in total. The first-order valence-electron chi connectivity index (χ1n) is 10.3. The van der Waals surface area contributed by atoms with Crippen LogP contribution in [-0.4, -0.2) is 45.8 Å². The molecule has 2 aromatic carbocycles. The van der Waals surface area contributed by atoms with Crippen LogP contribution in [0.1, 0.15) is 12.5 Å². The van der Waals surface area contributed by atoms with Crippen molar-refractivity contribution in [1.29, 1.82) is 0 Å². The van der Waals surface area contributed by atoms with Crippen molar-refractivity contribution in [3.05, 3.63) is 71.9 Å². The van der Waals surface area contributed by atoms with Crippen LogP contribution in [0.4, 0.5) is 11.5 Å². The van der Waals surface area contributed by atoms with Gasteiger partial charge in [0.15, 0.2) is 0 Å². The van der Waals surface area contributed by atoms with Gasteiger partial charge in [0.2, 0.25) is 10.4 Å². The number of carbonyl (C=O) groups is 1. The summed E-state index contributed by atoms with van der Waals surface area (Å²) in [7, 11) is 2.37. The molecule has 1 amide bonds. The zero-order chi connectivity index (χ0) is 25.0. The van der Waals surface area contributed by atoms with E-state index in [2.05, 4.69) is 38.4 Å². The highest BCUT2D eigenvalue weighted by Gasteiger charge is 2.37. The van der Waals surface area contributed by atoms with Gasteiger partial charge in [0.05, 0.1) is 31.6 Å². The SMILES string of the molecule is CC1=NN(c2cccc[n+]2C)C(=O)C1=Cc1ccc(N(C)C)c2ccccc12.COS(=O)(=O)[O-]. The van der Waals surface area contributed by atoms with Crippen LogP contribution in [0.5, 0.6) is 0 Å². The van der Waals surface area contributed by atoms with Crippen molar-refractivity contribution in [2.45, 2.75) is 6.92 Å². The minimum atomic E-state index is -4.41. The van der Waals surface area contributed by atoms with Gasteiger partial charge in [-0.15, -0.1) is 0 Å². The zero-order valence-corrected chi connectivity index (χ0v) is 20.4. The second kappa shape index (κ2) is 10.1. The van der Waals surface area contributed by atoms with E-state index >= 15 is 0 Å². The first kappa shape index (κ1) is 25.0. The normalized spacial score (nSPS) is 14.8. The summed E-state index contributed by atoms with van der Waals surface area (Å²) in [6.07, 6.45) is 3.86. The lowest BCUT2D eigenvalue weighted by atomic mass is 9.99. The highest BCUT2D eigenvalue weighted by Crippen LogP contribution is 2.31. The fourth-order valence-electron chi connectivity index (χ4n) is 3.55. The van der Waals surface area contributed by atoms with Gasteiger partial charge in [0.1, 0.15) is 0 Å². The highest BCUT2D eigenvalue weighted by atomic mass is 32.3. The Morgan fingerprint density at radius 1 is 1.06 bits per heavy atom. The topological polar surface area (TPSA) is 106 Å². The average molecular weight is 483 g/mol. The molecule has 4 rings (SSSR count). The maximum absolute atomic E-state index is 13.1. The molecule has 1 aromatic heterocycles. The highest BCUT2D eigenvalue weighted by molar-refractivity contribution is 7.80. The molecule has 0 saturated carbocycles. The number of nitrogens with zero attached hydrogens (tertiary/aromatic N) is 4. The number of hydrogen-bond donors (Lipinski definition) is 0. The number of anilines is 2. The maximum atomic E-state index is 13.1. The first-order valence-corrected chi connectivity index (χ1v) is 11.6. The molecule has 1 aliphatic rings. The summed E-state index contributed by atoms with van der Waals surface area (Å²) in [5.41, 5.74) is 3.50. The summed E-state index contributed by atoms with van der Waals surface area (Å²) in [6.45, 7) is 1.88. The molecule has 3 aromatic rings. The number of rotatable bonds is 4. The van der Waals surface area contributed by atoms with E-state index in [4.69, 9.17) is 0 Å². The minimum absolute atomic E-state index is 0.111. The summed E-state index contributed by atoms with van der Waals surface area (Å²) in [6, 6.07) is 18.1. The molecule has 178 valence electrons. The molecule has 0 fully saturated rings. The largest absolute Gasteiger partial charge is 0.726 e. The lowest BCUT2D eigenvalue weighted by Crippen LogP contribution is -2.37. The van der Waals surface area contributed by atoms with Gasteiger partial charge in [0.25, 0.3) is 0 Å². The van der Waals surface area contributed by atoms with Crippen LogP contribution >= 0.6 is 0 Å². The predicted octanol–water partition coefficient (Wildman–Crippen LogP) is 2.63. The lowest BCUT2D eigenvalue weighted by molar-refractivity contribution is -0.658. The summed E-state index contributed by atoms with van der Waals surface area (Å²) in [4.78, 5) is 15.2. The van der Waals surface area contributed by atoms with E-state index < -0.39 is 10.4 Å². The Morgan fingerprint density at radius 3 is 2.26 bits per heavy atom. The molecule has 0 aliphatic carbocycles. The number of aryl methyl sites for hydroxylation is 1. The molecule has 1 aliphatic heterocycles. The quantitative estimate of drug-likeness (QED) is 0.245. The van der Waals surface area contributed by atoms with Gasteiger partial charge < -0.3 is 9.45 Å². The number of benzene rings is 2. The fraction of sp³-hybridized carbons (Fsp3) is 0.208. The van der Waals surface area contributed by atoms with Crippen molar-refractivity contribution in [3.8, 4) is 0 Å². The fourth-order valence-corrected chi connectivity index (χ4v) is 3.55. The van der Waals surface area contributed by atoms with Crippen LogP contribution in [0.2, 0.25) is 0 Å². The predicted molar refractivity (Wildman–Crippen MR) is 131 cm³/mol. The summed E-state index contributed by atoms with van der Waals surface area (Å²) >= 11 is 0. The minimum Gasteiger partial charge on any atom is -0.726 e. The van der Waals surface area contributed by atoms with Gasteiger partial charge in [-0.3, -0.25) is 4.18 Å². The number of fused-ring (bicyclic) bond motifs is 1. The van der Waals surface area contributed by atoms with Crippen molar-refractivity contribution in [1.82, 2.24) is 0 Å². The van der Waals surface area contributed by atoms with Crippen molar-refractivity contribution in [3.63, 3.8) is 0 Å². The standard InChI is InChI=1S/C23H23N4O.CH4O4S/c1-16-20(23(28)27(24-16)22-11-7-8-14-26(22)4)15-17-12-13-21(25(2)3)19-10-6-5-9-18(17)19;1-5-6(2,3)4/h5-15H,1-4H3;1H3,(H,2,3,4)/q+1;/p-1. The third-order valence-electron chi connectivity index (χ3n) is 5.23. The van der Waals surface area contributed by atoms with Crippen molar-refractivity contribution >= 4 is 50.4 Å². The summed E-state index contributed by atoms with van der Waals surface area (Å²) < 4.78 is 32.9. The third kappa shape index (κ3) is 5.48. The molecule has 0 N–H and O–H groups in total. The van der Waals surface area contributed by atoms with Crippen molar-refractivity contribution < 1.29 is 26.5 Å². The number of carbonyl (C=O) groups excluding carboxylic acids is 1. The second-order valence-electron chi connectivity index (χ2n) is 7.72. The maximum Gasteiger partial charge on any atom is 0.368 e. The molecule has 34 heavy (non-hydrogen) atoms. The zero-order valence-electron chi connectivity index (χ0n) is 19.6. The molecule has 0 saturated heterocycles. The van der Waals surface area contributed by atoms with Crippen LogP contribution in [0.3, 0.4) is 0 Å². The Labute approximate surface area is 199 Å². The molecular formula is C24H26N4O5S. The van der Waals surface area contributed by atoms with E-state index in [-0.39, 0.29) is 5.91 Å². The number of pyridine rings is 1. The van der Waals surface area contributed by atoms with E-state index in [0.29, 0.717) is 5.57 Å². The van der Waals surface area contributed by atoms with E-state index in [0.717, 1.165) is 40.7 Å². The molecule has 2 heterocycles. The van der Waals surface area contributed by atoms with Crippen LogP contribution < -0.4 is 14.5 Å². The van der Waals surface area contributed by atoms with Gasteiger partial charge in [-0.05, 0) is 36.1 Å². The van der Waals surface area contributed by atoms with Crippen LogP contribution in [0.25, 0.3) is 16.8 Å². The molecule has 0 unspecified atom stereocenters. The Balaban J connectivity index is 0.000000481. The first-order chi connectivity index (χ1) is 16.0. The summed E-state index contributed by atoms with van der Waals surface area (Å²) in [5, 5.41) is 8.25.